The Bertz CT molecular complexity index is 1240. The van der Waals surface area contributed by atoms with Crippen LogP contribution in [0.15, 0.2) is 54.7 Å². The first-order valence-electron chi connectivity index (χ1n) is 10.7. The predicted molar refractivity (Wildman–Crippen MR) is 124 cm³/mol. The van der Waals surface area contributed by atoms with E-state index in [9.17, 15) is 4.79 Å². The fourth-order valence-electron chi connectivity index (χ4n) is 3.97. The maximum atomic E-state index is 12.8. The Balaban J connectivity index is 1.57. The van der Waals surface area contributed by atoms with Crippen molar-refractivity contribution >= 4 is 11.6 Å². The van der Waals surface area contributed by atoms with E-state index in [0.717, 1.165) is 29.8 Å². The number of nitrogens with one attached hydrogen (secondary N) is 1. The zero-order valence-corrected chi connectivity index (χ0v) is 18.6. The summed E-state index contributed by atoms with van der Waals surface area (Å²) in [4.78, 5) is 17.6. The third kappa shape index (κ3) is 4.36. The van der Waals surface area contributed by atoms with Crippen molar-refractivity contribution in [3.05, 3.63) is 99.5 Å². The van der Waals surface area contributed by atoms with Gasteiger partial charge >= 0.3 is 0 Å². The van der Waals surface area contributed by atoms with E-state index in [2.05, 4.69) is 54.6 Å². The maximum absolute atomic E-state index is 12.8. The summed E-state index contributed by atoms with van der Waals surface area (Å²) in [6.07, 6.45) is 3.21. The minimum atomic E-state index is -0.139. The van der Waals surface area contributed by atoms with Gasteiger partial charge < -0.3 is 5.32 Å². The Kier molecular flexibility index (Phi) is 5.85. The molecule has 0 unspecified atom stereocenters. The molecule has 0 saturated carbocycles. The zero-order valence-electron chi connectivity index (χ0n) is 18.6. The highest BCUT2D eigenvalue weighted by atomic mass is 16.1. The molecule has 2 heterocycles. The number of hydrogen-bond donors (Lipinski definition) is 1. The molecule has 0 spiro atoms. The number of aryl methyl sites for hydroxylation is 4. The molecule has 0 aliphatic heterocycles. The Morgan fingerprint density at radius 3 is 2.58 bits per heavy atom. The van der Waals surface area contributed by atoms with E-state index in [4.69, 9.17) is 4.98 Å². The molecule has 5 nitrogen and oxygen atoms in total. The first-order valence-corrected chi connectivity index (χ1v) is 10.7. The highest BCUT2D eigenvalue weighted by Crippen LogP contribution is 2.22. The monoisotopic (exact) mass is 412 g/mol. The van der Waals surface area contributed by atoms with Crippen molar-refractivity contribution in [3.63, 3.8) is 0 Å². The molecule has 31 heavy (non-hydrogen) atoms. The number of nitrogens with zero attached hydrogens (tertiary/aromatic N) is 3. The lowest BCUT2D eigenvalue weighted by atomic mass is 9.97. The molecule has 0 aliphatic rings. The van der Waals surface area contributed by atoms with E-state index in [1.54, 1.807) is 10.7 Å². The van der Waals surface area contributed by atoms with Gasteiger partial charge in [-0.3, -0.25) is 4.79 Å². The fourth-order valence-corrected chi connectivity index (χ4v) is 3.97. The van der Waals surface area contributed by atoms with Crippen LogP contribution in [0, 0.1) is 27.7 Å². The molecule has 0 bridgehead atoms. The Morgan fingerprint density at radius 2 is 1.81 bits per heavy atom. The molecule has 0 saturated heterocycles. The van der Waals surface area contributed by atoms with Crippen LogP contribution >= 0.6 is 0 Å². The quantitative estimate of drug-likeness (QED) is 0.506. The van der Waals surface area contributed by atoms with Crippen LogP contribution in [-0.2, 0) is 12.8 Å². The smallest absolute Gasteiger partial charge is 0.256 e. The van der Waals surface area contributed by atoms with Crippen LogP contribution in [0.4, 0.5) is 0 Å². The first-order chi connectivity index (χ1) is 14.9. The van der Waals surface area contributed by atoms with Gasteiger partial charge in [-0.05, 0) is 56.4 Å². The van der Waals surface area contributed by atoms with Crippen molar-refractivity contribution in [2.75, 3.05) is 6.54 Å². The van der Waals surface area contributed by atoms with Gasteiger partial charge in [-0.25, -0.2) is 9.50 Å². The van der Waals surface area contributed by atoms with Crippen LogP contribution in [0.25, 0.3) is 5.65 Å². The van der Waals surface area contributed by atoms with Crippen LogP contribution in [0.3, 0.4) is 0 Å². The summed E-state index contributed by atoms with van der Waals surface area (Å²) < 4.78 is 1.79. The van der Waals surface area contributed by atoms with E-state index in [1.165, 1.54) is 22.3 Å². The van der Waals surface area contributed by atoms with E-state index in [-0.39, 0.29) is 5.91 Å². The second-order valence-electron chi connectivity index (χ2n) is 8.15. The molecule has 0 radical (unpaired) electrons. The predicted octanol–water partition coefficient (Wildman–Crippen LogP) is 4.53. The van der Waals surface area contributed by atoms with Gasteiger partial charge in [-0.2, -0.15) is 5.10 Å². The average molecular weight is 413 g/mol. The highest BCUT2D eigenvalue weighted by Gasteiger charge is 2.18. The lowest BCUT2D eigenvalue weighted by Gasteiger charge is -2.14. The van der Waals surface area contributed by atoms with Crippen LogP contribution in [0.2, 0.25) is 0 Å². The fraction of sp³-hybridized carbons (Fsp3) is 0.269. The van der Waals surface area contributed by atoms with Gasteiger partial charge in [0.15, 0.2) is 5.65 Å². The molecule has 2 aromatic carbocycles. The maximum Gasteiger partial charge on any atom is 0.256 e. The Hall–Kier alpha value is -3.47. The largest absolute Gasteiger partial charge is 0.352 e. The summed E-state index contributed by atoms with van der Waals surface area (Å²) in [6, 6.07) is 16.7. The minimum Gasteiger partial charge on any atom is -0.352 e. The van der Waals surface area contributed by atoms with E-state index < -0.39 is 0 Å². The second-order valence-corrected chi connectivity index (χ2v) is 8.15. The first kappa shape index (κ1) is 20.8. The van der Waals surface area contributed by atoms with Gasteiger partial charge in [0.25, 0.3) is 5.91 Å². The number of rotatable bonds is 6. The van der Waals surface area contributed by atoms with Crippen molar-refractivity contribution < 1.29 is 4.79 Å². The molecule has 0 aliphatic carbocycles. The summed E-state index contributed by atoms with van der Waals surface area (Å²) in [5.74, 6) is -0.139. The molecule has 0 atom stereocenters. The molecule has 2 aromatic heterocycles. The van der Waals surface area contributed by atoms with Crippen molar-refractivity contribution in [2.24, 2.45) is 0 Å². The molecule has 4 rings (SSSR count). The standard InChI is InChI=1S/C26H28N4O/c1-17-10-11-18(2)22(14-17)15-23-19(3)29-25-24(16-28-30(25)20(23)4)26(31)27-13-12-21-8-6-5-7-9-21/h5-11,14,16H,12-13,15H2,1-4H3,(H,27,31). The summed E-state index contributed by atoms with van der Waals surface area (Å²) in [7, 11) is 0. The number of fused-ring (bicyclic) bond motifs is 1. The van der Waals surface area contributed by atoms with Crippen molar-refractivity contribution in [1.29, 1.82) is 0 Å². The number of carbonyl (C=O) groups excluding carboxylic acids is 1. The zero-order chi connectivity index (χ0) is 22.0. The van der Waals surface area contributed by atoms with Crippen LogP contribution in [-0.4, -0.2) is 27.0 Å². The van der Waals surface area contributed by atoms with Gasteiger partial charge in [-0.15, -0.1) is 0 Å². The third-order valence-corrected chi connectivity index (χ3v) is 5.87. The summed E-state index contributed by atoms with van der Waals surface area (Å²) >= 11 is 0. The van der Waals surface area contributed by atoms with Gasteiger partial charge in [0.2, 0.25) is 0 Å². The molecule has 1 N–H and O–H groups in total. The molecule has 5 heteroatoms. The van der Waals surface area contributed by atoms with Gasteiger partial charge in [0.1, 0.15) is 5.56 Å². The summed E-state index contributed by atoms with van der Waals surface area (Å²) in [5, 5.41) is 7.48. The van der Waals surface area contributed by atoms with E-state index in [0.29, 0.717) is 17.8 Å². The SMILES string of the molecule is Cc1ccc(C)c(Cc2c(C)nc3c(C(=O)NCCc4ccccc4)cnn3c2C)c1. The summed E-state index contributed by atoms with van der Waals surface area (Å²) in [5.41, 5.74) is 9.23. The number of hydrogen-bond acceptors (Lipinski definition) is 3. The molecule has 0 fully saturated rings. The van der Waals surface area contributed by atoms with Crippen molar-refractivity contribution in [2.45, 2.75) is 40.5 Å². The molecule has 1 amide bonds. The topological polar surface area (TPSA) is 59.3 Å². The van der Waals surface area contributed by atoms with Crippen LogP contribution in [0.5, 0.6) is 0 Å². The number of aromatic nitrogens is 3. The molecular formula is C26H28N4O. The lowest BCUT2D eigenvalue weighted by molar-refractivity contribution is 0.0955. The normalized spacial score (nSPS) is 11.1. The Morgan fingerprint density at radius 1 is 1.03 bits per heavy atom. The van der Waals surface area contributed by atoms with Crippen LogP contribution < -0.4 is 5.32 Å². The molecule has 158 valence electrons. The average Bonchev–Trinajstić information content (AvgIpc) is 3.18. The second kappa shape index (κ2) is 8.72. The van der Waals surface area contributed by atoms with E-state index >= 15 is 0 Å². The number of benzene rings is 2. The van der Waals surface area contributed by atoms with Gasteiger partial charge in [0, 0.05) is 24.4 Å². The van der Waals surface area contributed by atoms with Gasteiger partial charge in [-0.1, -0.05) is 54.1 Å². The minimum absolute atomic E-state index is 0.139. The third-order valence-electron chi connectivity index (χ3n) is 5.87. The van der Waals surface area contributed by atoms with Crippen molar-refractivity contribution in [3.8, 4) is 0 Å². The lowest BCUT2D eigenvalue weighted by Crippen LogP contribution is -2.25. The highest BCUT2D eigenvalue weighted by molar-refractivity contribution is 5.99. The number of amides is 1. The van der Waals surface area contributed by atoms with Crippen LogP contribution in [0.1, 0.15) is 49.6 Å². The van der Waals surface area contributed by atoms with Gasteiger partial charge in [0.05, 0.1) is 6.20 Å². The van der Waals surface area contributed by atoms with Crippen molar-refractivity contribution in [1.82, 2.24) is 19.9 Å². The Labute approximate surface area is 183 Å². The molecule has 4 aromatic rings. The summed E-state index contributed by atoms with van der Waals surface area (Å²) in [6.45, 7) is 8.88. The van der Waals surface area contributed by atoms with E-state index in [1.807, 2.05) is 32.0 Å². The number of carbonyl (C=O) groups is 1. The molecular weight excluding hydrogens is 384 g/mol.